The lowest BCUT2D eigenvalue weighted by Crippen LogP contribution is -2.27. The molecule has 0 radical (unpaired) electrons. The Hall–Kier alpha value is -4.02. The average molecular weight is 485 g/mol. The Bertz CT molecular complexity index is 1330. The average Bonchev–Trinajstić information content (AvgIpc) is 3.12. The molecule has 3 aromatic rings. The van der Waals surface area contributed by atoms with Gasteiger partial charge in [0.2, 0.25) is 0 Å². The van der Waals surface area contributed by atoms with Crippen molar-refractivity contribution in [3.63, 3.8) is 0 Å². The summed E-state index contributed by atoms with van der Waals surface area (Å²) in [7, 11) is 0. The maximum atomic E-state index is 13.0. The first-order chi connectivity index (χ1) is 17.0. The van der Waals surface area contributed by atoms with Gasteiger partial charge in [0.05, 0.1) is 29.7 Å². The summed E-state index contributed by atoms with van der Waals surface area (Å²) in [5, 5.41) is 8.94. The number of nitriles is 1. The predicted octanol–water partition coefficient (Wildman–Crippen LogP) is 6.08. The minimum atomic E-state index is -0.384. The number of carbonyl (C=O) groups excluding carboxylic acids is 2. The zero-order valence-electron chi connectivity index (χ0n) is 19.5. The van der Waals surface area contributed by atoms with Crippen LogP contribution >= 0.6 is 11.8 Å². The molecule has 35 heavy (non-hydrogen) atoms. The number of ether oxygens (including phenoxy) is 2. The van der Waals surface area contributed by atoms with Crippen LogP contribution in [0.5, 0.6) is 11.5 Å². The van der Waals surface area contributed by atoms with E-state index in [0.717, 1.165) is 27.8 Å². The topological polar surface area (TPSA) is 79.6 Å². The molecular formula is C28H24N2O4S. The van der Waals surface area contributed by atoms with Crippen LogP contribution in [-0.2, 0) is 17.9 Å². The summed E-state index contributed by atoms with van der Waals surface area (Å²) >= 11 is 0.885. The molecule has 2 amide bonds. The second kappa shape index (κ2) is 10.9. The van der Waals surface area contributed by atoms with Crippen molar-refractivity contribution < 1.29 is 19.1 Å². The van der Waals surface area contributed by atoms with Crippen LogP contribution in [0.15, 0.2) is 71.6 Å². The number of imide groups is 1. The van der Waals surface area contributed by atoms with Crippen LogP contribution in [0.3, 0.4) is 0 Å². The fourth-order valence-corrected chi connectivity index (χ4v) is 4.41. The number of amides is 2. The van der Waals surface area contributed by atoms with Crippen LogP contribution < -0.4 is 9.47 Å². The van der Waals surface area contributed by atoms with E-state index in [1.807, 2.05) is 44.2 Å². The lowest BCUT2D eigenvalue weighted by Gasteiger charge is -2.14. The number of rotatable bonds is 8. The van der Waals surface area contributed by atoms with Crippen molar-refractivity contribution in [1.82, 2.24) is 4.90 Å². The highest BCUT2D eigenvalue weighted by Crippen LogP contribution is 2.36. The zero-order valence-corrected chi connectivity index (χ0v) is 20.3. The van der Waals surface area contributed by atoms with Gasteiger partial charge >= 0.3 is 0 Å². The molecule has 1 aliphatic rings. The largest absolute Gasteiger partial charge is 0.490 e. The summed E-state index contributed by atoms with van der Waals surface area (Å²) < 4.78 is 11.7. The van der Waals surface area contributed by atoms with Gasteiger partial charge in [-0.2, -0.15) is 5.26 Å². The van der Waals surface area contributed by atoms with Crippen molar-refractivity contribution in [3.05, 3.63) is 99.5 Å². The second-order valence-electron chi connectivity index (χ2n) is 7.95. The molecule has 6 nitrogen and oxygen atoms in total. The quantitative estimate of drug-likeness (QED) is 0.361. The van der Waals surface area contributed by atoms with E-state index >= 15 is 0 Å². The molecule has 176 valence electrons. The van der Waals surface area contributed by atoms with E-state index in [0.29, 0.717) is 40.7 Å². The fourth-order valence-electron chi connectivity index (χ4n) is 3.57. The SMILES string of the molecule is CCOc1cc(/C=C2/SC(=O)N(Cc3ccccc3C#N)C2=O)ccc1OCc1ccc(C)cc1. The van der Waals surface area contributed by atoms with Gasteiger partial charge in [-0.3, -0.25) is 14.5 Å². The van der Waals surface area contributed by atoms with Crippen LogP contribution in [0.1, 0.15) is 34.7 Å². The summed E-state index contributed by atoms with van der Waals surface area (Å²) in [6, 6.07) is 22.6. The first-order valence-corrected chi connectivity index (χ1v) is 12.0. The minimum absolute atomic E-state index is 0.0573. The van der Waals surface area contributed by atoms with Gasteiger partial charge in [-0.05, 0) is 66.6 Å². The third-order valence-electron chi connectivity index (χ3n) is 5.42. The normalized spacial score (nSPS) is 14.3. The maximum absolute atomic E-state index is 13.0. The number of aryl methyl sites for hydroxylation is 1. The number of hydrogen-bond donors (Lipinski definition) is 0. The molecular weight excluding hydrogens is 460 g/mol. The summed E-state index contributed by atoms with van der Waals surface area (Å²) in [6.45, 7) is 4.85. The highest BCUT2D eigenvalue weighted by atomic mass is 32.2. The molecule has 0 N–H and O–H groups in total. The summed E-state index contributed by atoms with van der Waals surface area (Å²) in [4.78, 5) is 27.0. The maximum Gasteiger partial charge on any atom is 0.293 e. The molecule has 4 rings (SSSR count). The van der Waals surface area contributed by atoms with E-state index in [1.54, 1.807) is 42.5 Å². The lowest BCUT2D eigenvalue weighted by molar-refractivity contribution is -0.123. The van der Waals surface area contributed by atoms with Gasteiger partial charge in [-0.1, -0.05) is 54.1 Å². The van der Waals surface area contributed by atoms with Crippen molar-refractivity contribution in [2.24, 2.45) is 0 Å². The van der Waals surface area contributed by atoms with E-state index < -0.39 is 0 Å². The van der Waals surface area contributed by atoms with E-state index in [9.17, 15) is 14.9 Å². The molecule has 1 aliphatic heterocycles. The van der Waals surface area contributed by atoms with Crippen LogP contribution in [0.25, 0.3) is 6.08 Å². The number of hydrogen-bond acceptors (Lipinski definition) is 6. The molecule has 0 saturated carbocycles. The van der Waals surface area contributed by atoms with Gasteiger partial charge in [0.1, 0.15) is 6.61 Å². The number of thioether (sulfide) groups is 1. The number of carbonyl (C=O) groups is 2. The third kappa shape index (κ3) is 5.73. The summed E-state index contributed by atoms with van der Waals surface area (Å²) in [6.07, 6.45) is 1.67. The Morgan fingerprint density at radius 1 is 1.00 bits per heavy atom. The van der Waals surface area contributed by atoms with Gasteiger partial charge in [0.25, 0.3) is 11.1 Å². The Balaban J connectivity index is 1.51. The van der Waals surface area contributed by atoms with E-state index in [-0.39, 0.29) is 17.7 Å². The summed E-state index contributed by atoms with van der Waals surface area (Å²) in [5.74, 6) is 0.784. The highest BCUT2D eigenvalue weighted by Gasteiger charge is 2.35. The van der Waals surface area contributed by atoms with Gasteiger partial charge in [0.15, 0.2) is 11.5 Å². The monoisotopic (exact) mass is 484 g/mol. The second-order valence-corrected chi connectivity index (χ2v) is 8.94. The molecule has 1 heterocycles. The molecule has 1 saturated heterocycles. The van der Waals surface area contributed by atoms with Gasteiger partial charge in [-0.15, -0.1) is 0 Å². The van der Waals surface area contributed by atoms with E-state index in [4.69, 9.17) is 9.47 Å². The Morgan fingerprint density at radius 2 is 1.77 bits per heavy atom. The van der Waals surface area contributed by atoms with Gasteiger partial charge < -0.3 is 9.47 Å². The van der Waals surface area contributed by atoms with Crippen molar-refractivity contribution in [1.29, 1.82) is 5.26 Å². The molecule has 0 spiro atoms. The molecule has 1 fully saturated rings. The summed E-state index contributed by atoms with van der Waals surface area (Å²) in [5.41, 5.74) is 4.03. The fraction of sp³-hybridized carbons (Fsp3) is 0.179. The predicted molar refractivity (Wildman–Crippen MR) is 136 cm³/mol. The molecule has 0 atom stereocenters. The first-order valence-electron chi connectivity index (χ1n) is 11.2. The molecule has 3 aromatic carbocycles. The molecule has 7 heteroatoms. The molecule has 0 aromatic heterocycles. The van der Waals surface area contributed by atoms with Gasteiger partial charge in [-0.25, -0.2) is 0 Å². The van der Waals surface area contributed by atoms with E-state index in [2.05, 4.69) is 6.07 Å². The van der Waals surface area contributed by atoms with Crippen LogP contribution in [0.4, 0.5) is 4.79 Å². The first kappa shape index (κ1) is 24.1. The molecule has 0 aliphatic carbocycles. The third-order valence-corrected chi connectivity index (χ3v) is 6.33. The smallest absolute Gasteiger partial charge is 0.293 e. The van der Waals surface area contributed by atoms with Gasteiger partial charge in [0, 0.05) is 0 Å². The van der Waals surface area contributed by atoms with Crippen molar-refractivity contribution in [2.75, 3.05) is 6.61 Å². The van der Waals surface area contributed by atoms with Crippen molar-refractivity contribution in [2.45, 2.75) is 27.0 Å². The number of nitrogens with zero attached hydrogens (tertiary/aromatic N) is 2. The highest BCUT2D eigenvalue weighted by molar-refractivity contribution is 8.18. The lowest BCUT2D eigenvalue weighted by atomic mass is 10.1. The standard InChI is InChI=1S/C28H24N2O4S/c1-3-33-25-14-21(12-13-24(25)34-18-20-10-8-19(2)9-11-20)15-26-27(31)30(28(32)35-26)17-23-7-5-4-6-22(23)16-29/h4-15H,3,17-18H2,1-2H3/b26-15+. The Labute approximate surface area is 208 Å². The van der Waals surface area contributed by atoms with Crippen LogP contribution in [0, 0.1) is 18.3 Å². The van der Waals surface area contributed by atoms with Crippen molar-refractivity contribution >= 4 is 29.0 Å². The van der Waals surface area contributed by atoms with Crippen molar-refractivity contribution in [3.8, 4) is 17.6 Å². The minimum Gasteiger partial charge on any atom is -0.490 e. The Morgan fingerprint density at radius 3 is 2.51 bits per heavy atom. The zero-order chi connectivity index (χ0) is 24.8. The molecule has 0 unspecified atom stereocenters. The van der Waals surface area contributed by atoms with Crippen LogP contribution in [-0.4, -0.2) is 22.7 Å². The van der Waals surface area contributed by atoms with Crippen LogP contribution in [0.2, 0.25) is 0 Å². The number of benzene rings is 3. The molecule has 0 bridgehead atoms. The Kier molecular flexibility index (Phi) is 7.54. The van der Waals surface area contributed by atoms with E-state index in [1.165, 1.54) is 5.56 Å².